The van der Waals surface area contributed by atoms with E-state index in [2.05, 4.69) is 14.8 Å². The van der Waals surface area contributed by atoms with Crippen molar-refractivity contribution >= 4 is 5.82 Å². The van der Waals surface area contributed by atoms with E-state index in [0.717, 1.165) is 54.8 Å². The van der Waals surface area contributed by atoms with E-state index < -0.39 is 6.67 Å². The van der Waals surface area contributed by atoms with Gasteiger partial charge in [0.05, 0.1) is 13.2 Å². The summed E-state index contributed by atoms with van der Waals surface area (Å²) >= 11 is 0. The number of rotatable bonds is 6. The smallest absolute Gasteiger partial charge is 0.169 e. The predicted molar refractivity (Wildman–Crippen MR) is 104 cm³/mol. The molecule has 148 valence electrons. The average Bonchev–Trinajstić information content (AvgIpc) is 2.75. The molecule has 1 aromatic heterocycles. The molecule has 2 aliphatic rings. The van der Waals surface area contributed by atoms with E-state index in [-0.39, 0.29) is 6.61 Å². The van der Waals surface area contributed by atoms with E-state index in [1.807, 2.05) is 42.6 Å². The van der Waals surface area contributed by atoms with Gasteiger partial charge in [-0.25, -0.2) is 9.37 Å². The molecule has 6 nitrogen and oxygen atoms in total. The lowest BCUT2D eigenvalue weighted by Crippen LogP contribution is -2.45. The first-order valence-electron chi connectivity index (χ1n) is 9.50. The number of hydrogen-bond acceptors (Lipinski definition) is 6. The summed E-state index contributed by atoms with van der Waals surface area (Å²) in [6, 6.07) is 11.6. The number of halogens is 1. The molecule has 0 radical (unpaired) electrons. The highest BCUT2D eigenvalue weighted by Crippen LogP contribution is 2.32. The van der Waals surface area contributed by atoms with Crippen LogP contribution in [-0.4, -0.2) is 56.0 Å². The number of nitrogens with zero attached hydrogens (tertiary/aromatic N) is 3. The Bertz CT molecular complexity index is 822. The van der Waals surface area contributed by atoms with Gasteiger partial charge >= 0.3 is 0 Å². The lowest BCUT2D eigenvalue weighted by Gasteiger charge is -2.36. The van der Waals surface area contributed by atoms with Crippen molar-refractivity contribution in [3.05, 3.63) is 60.1 Å². The zero-order valence-corrected chi connectivity index (χ0v) is 15.7. The number of para-hydroxylation sites is 2. The quantitative estimate of drug-likeness (QED) is 0.713. The second kappa shape index (κ2) is 8.93. The molecule has 1 aromatic carbocycles. The molecule has 0 spiro atoms. The van der Waals surface area contributed by atoms with Crippen molar-refractivity contribution in [1.82, 2.24) is 9.88 Å². The van der Waals surface area contributed by atoms with Crippen LogP contribution in [0.25, 0.3) is 0 Å². The van der Waals surface area contributed by atoms with Gasteiger partial charge in [-0.2, -0.15) is 0 Å². The summed E-state index contributed by atoms with van der Waals surface area (Å²) in [5, 5.41) is 0. The highest BCUT2D eigenvalue weighted by Gasteiger charge is 2.21. The van der Waals surface area contributed by atoms with Crippen LogP contribution in [0.15, 0.2) is 54.6 Å². The minimum Gasteiger partial charge on any atom is -0.482 e. The molecule has 2 aliphatic heterocycles. The molecule has 0 amide bonds. The third-order valence-corrected chi connectivity index (χ3v) is 4.75. The number of fused-ring (bicyclic) bond motifs is 1. The first-order chi connectivity index (χ1) is 13.8. The number of hydrogen-bond donors (Lipinski definition) is 0. The van der Waals surface area contributed by atoms with Gasteiger partial charge in [-0.15, -0.1) is 0 Å². The molecule has 1 saturated heterocycles. The lowest BCUT2D eigenvalue weighted by molar-refractivity contribution is 0.106. The van der Waals surface area contributed by atoms with Crippen LogP contribution in [0.3, 0.4) is 0 Å². The summed E-state index contributed by atoms with van der Waals surface area (Å²) in [6.07, 6.45) is 3.82. The van der Waals surface area contributed by atoms with Gasteiger partial charge in [0.25, 0.3) is 0 Å². The van der Waals surface area contributed by atoms with Crippen molar-refractivity contribution in [2.75, 3.05) is 51.0 Å². The minimum absolute atomic E-state index is 0.112. The zero-order chi connectivity index (χ0) is 19.2. The summed E-state index contributed by atoms with van der Waals surface area (Å²) in [5.41, 5.74) is 0.989. The number of aromatic nitrogens is 1. The number of anilines is 1. The summed E-state index contributed by atoms with van der Waals surface area (Å²) in [6.45, 7) is 3.85. The van der Waals surface area contributed by atoms with E-state index in [0.29, 0.717) is 13.2 Å². The van der Waals surface area contributed by atoms with Crippen LogP contribution in [0.4, 0.5) is 10.2 Å². The number of piperazine rings is 1. The highest BCUT2D eigenvalue weighted by molar-refractivity contribution is 5.47. The molecule has 4 rings (SSSR count). The number of ether oxygens (including phenoxy) is 3. The Labute approximate surface area is 164 Å². The van der Waals surface area contributed by atoms with Crippen molar-refractivity contribution in [2.45, 2.75) is 6.61 Å². The molecule has 3 heterocycles. The van der Waals surface area contributed by atoms with E-state index >= 15 is 0 Å². The molecule has 1 fully saturated rings. The minimum atomic E-state index is -0.473. The van der Waals surface area contributed by atoms with Crippen LogP contribution in [0.5, 0.6) is 11.5 Å². The Hall–Kier alpha value is -2.80. The van der Waals surface area contributed by atoms with Crippen LogP contribution in [-0.2, 0) is 11.3 Å². The SMILES string of the molecule is FCCOCc1cccnc1N1CCN(/C=C2/COc3ccccc3O2)CC1. The molecule has 0 atom stereocenters. The predicted octanol–water partition coefficient (Wildman–Crippen LogP) is 3.00. The summed E-state index contributed by atoms with van der Waals surface area (Å²) in [5.74, 6) is 3.26. The Balaban J connectivity index is 1.35. The maximum Gasteiger partial charge on any atom is 0.169 e. The third-order valence-electron chi connectivity index (χ3n) is 4.75. The second-order valence-electron chi connectivity index (χ2n) is 6.68. The van der Waals surface area contributed by atoms with Gasteiger partial charge in [0, 0.05) is 44.1 Å². The van der Waals surface area contributed by atoms with Gasteiger partial charge in [0.15, 0.2) is 17.3 Å². The number of benzene rings is 1. The van der Waals surface area contributed by atoms with Crippen molar-refractivity contribution in [3.8, 4) is 11.5 Å². The molecular formula is C21H24FN3O3. The maximum absolute atomic E-state index is 12.3. The van der Waals surface area contributed by atoms with E-state index in [4.69, 9.17) is 14.2 Å². The fraction of sp³-hybridized carbons (Fsp3) is 0.381. The summed E-state index contributed by atoms with van der Waals surface area (Å²) in [7, 11) is 0. The van der Waals surface area contributed by atoms with Crippen LogP contribution in [0.2, 0.25) is 0 Å². The van der Waals surface area contributed by atoms with Gasteiger partial charge in [0.2, 0.25) is 0 Å². The zero-order valence-electron chi connectivity index (χ0n) is 15.7. The molecule has 28 heavy (non-hydrogen) atoms. The Morgan fingerprint density at radius 2 is 1.89 bits per heavy atom. The van der Waals surface area contributed by atoms with Crippen LogP contribution < -0.4 is 14.4 Å². The normalized spacial score (nSPS) is 17.8. The van der Waals surface area contributed by atoms with Crippen LogP contribution in [0, 0.1) is 0 Å². The van der Waals surface area contributed by atoms with Gasteiger partial charge in [-0.3, -0.25) is 0 Å². The molecule has 0 N–H and O–H groups in total. The van der Waals surface area contributed by atoms with E-state index in [1.165, 1.54) is 0 Å². The standard InChI is InChI=1S/C21H24FN3O3/c22-7-13-26-15-17-4-3-8-23-21(17)25-11-9-24(10-12-25)14-18-16-27-19-5-1-2-6-20(19)28-18/h1-6,8,14H,7,9-13,15-16H2/b18-14-. The first-order valence-corrected chi connectivity index (χ1v) is 9.50. The van der Waals surface area contributed by atoms with Gasteiger partial charge < -0.3 is 24.0 Å². The van der Waals surface area contributed by atoms with Crippen molar-refractivity contribution in [1.29, 1.82) is 0 Å². The lowest BCUT2D eigenvalue weighted by atomic mass is 10.2. The highest BCUT2D eigenvalue weighted by atomic mass is 19.1. The van der Waals surface area contributed by atoms with Crippen molar-refractivity contribution in [3.63, 3.8) is 0 Å². The fourth-order valence-electron chi connectivity index (χ4n) is 3.37. The summed E-state index contributed by atoms with van der Waals surface area (Å²) < 4.78 is 29.3. The second-order valence-corrected chi connectivity index (χ2v) is 6.68. The molecule has 0 bridgehead atoms. The van der Waals surface area contributed by atoms with E-state index in [9.17, 15) is 4.39 Å². The molecule has 2 aromatic rings. The van der Waals surface area contributed by atoms with Crippen molar-refractivity contribution in [2.24, 2.45) is 0 Å². The maximum atomic E-state index is 12.3. The first kappa shape index (κ1) is 18.6. The fourth-order valence-corrected chi connectivity index (χ4v) is 3.37. The Morgan fingerprint density at radius 3 is 2.71 bits per heavy atom. The van der Waals surface area contributed by atoms with E-state index in [1.54, 1.807) is 6.20 Å². The van der Waals surface area contributed by atoms with Gasteiger partial charge in [-0.05, 0) is 18.2 Å². The summed E-state index contributed by atoms with van der Waals surface area (Å²) in [4.78, 5) is 9.01. The molecule has 0 aliphatic carbocycles. The number of alkyl halides is 1. The molecule has 7 heteroatoms. The van der Waals surface area contributed by atoms with Gasteiger partial charge in [-0.1, -0.05) is 18.2 Å². The van der Waals surface area contributed by atoms with Crippen LogP contribution >= 0.6 is 0 Å². The molecular weight excluding hydrogens is 361 g/mol. The largest absolute Gasteiger partial charge is 0.482 e. The van der Waals surface area contributed by atoms with Crippen molar-refractivity contribution < 1.29 is 18.6 Å². The Morgan fingerprint density at radius 1 is 1.07 bits per heavy atom. The monoisotopic (exact) mass is 385 g/mol. The average molecular weight is 385 g/mol. The van der Waals surface area contributed by atoms with Gasteiger partial charge in [0.1, 0.15) is 19.1 Å². The Kier molecular flexibility index (Phi) is 5.92. The molecule has 0 unspecified atom stereocenters. The van der Waals surface area contributed by atoms with Crippen LogP contribution in [0.1, 0.15) is 5.56 Å². The molecule has 0 saturated carbocycles. The number of pyridine rings is 1. The topological polar surface area (TPSA) is 47.1 Å². The third kappa shape index (κ3) is 4.36.